The number of benzene rings is 1. The van der Waals surface area contributed by atoms with Crippen molar-refractivity contribution >= 4 is 0 Å². The van der Waals surface area contributed by atoms with Crippen LogP contribution in [-0.4, -0.2) is 20.7 Å². The molecule has 0 aromatic heterocycles. The third-order valence-corrected chi connectivity index (χ3v) is 4.60. The van der Waals surface area contributed by atoms with Crippen molar-refractivity contribution in [3.63, 3.8) is 0 Å². The number of methoxy groups -OCH3 is 1. The molecule has 0 aliphatic heterocycles. The summed E-state index contributed by atoms with van der Waals surface area (Å²) in [4.78, 5) is 0. The molecule has 2 unspecified atom stereocenters. The van der Waals surface area contributed by atoms with E-state index in [1.54, 1.807) is 12.7 Å². The van der Waals surface area contributed by atoms with E-state index in [2.05, 4.69) is 30.6 Å². The number of hydrogen-bond acceptors (Lipinski definition) is 2. The van der Waals surface area contributed by atoms with E-state index in [1.165, 1.54) is 31.2 Å². The summed E-state index contributed by atoms with van der Waals surface area (Å²) >= 11 is 0. The molecule has 0 amide bonds. The van der Waals surface area contributed by atoms with Gasteiger partial charge in [-0.3, -0.25) is 0 Å². The van der Waals surface area contributed by atoms with Crippen LogP contribution in [0.15, 0.2) is 18.2 Å². The van der Waals surface area contributed by atoms with Gasteiger partial charge in [-0.15, -0.1) is 0 Å². The van der Waals surface area contributed by atoms with Crippen molar-refractivity contribution in [2.75, 3.05) is 20.7 Å². The van der Waals surface area contributed by atoms with Crippen molar-refractivity contribution in [3.8, 4) is 5.75 Å². The fourth-order valence-electron chi connectivity index (χ4n) is 3.65. The van der Waals surface area contributed by atoms with Crippen molar-refractivity contribution in [2.24, 2.45) is 5.92 Å². The molecule has 1 saturated carbocycles. The van der Waals surface area contributed by atoms with E-state index < -0.39 is 0 Å². The molecule has 92 valence electrons. The molecule has 0 heterocycles. The first-order valence-corrected chi connectivity index (χ1v) is 6.62. The maximum absolute atomic E-state index is 5.33. The van der Waals surface area contributed by atoms with E-state index in [0.29, 0.717) is 5.41 Å². The van der Waals surface area contributed by atoms with E-state index in [0.717, 1.165) is 18.2 Å². The van der Waals surface area contributed by atoms with E-state index >= 15 is 0 Å². The predicted octanol–water partition coefficient (Wildman–Crippen LogP) is 2.51. The van der Waals surface area contributed by atoms with Gasteiger partial charge in [0.05, 0.1) is 7.11 Å². The molecule has 2 nitrogen and oxygen atoms in total. The summed E-state index contributed by atoms with van der Waals surface area (Å²) in [5.74, 6) is 1.85. The highest BCUT2D eigenvalue weighted by Crippen LogP contribution is 2.60. The molecule has 17 heavy (non-hydrogen) atoms. The van der Waals surface area contributed by atoms with Crippen molar-refractivity contribution in [3.05, 3.63) is 29.3 Å². The van der Waals surface area contributed by atoms with Crippen LogP contribution in [-0.2, 0) is 11.8 Å². The maximum Gasteiger partial charge on any atom is 0.119 e. The lowest BCUT2D eigenvalue weighted by Gasteiger charge is -2.27. The molecule has 1 aromatic carbocycles. The summed E-state index contributed by atoms with van der Waals surface area (Å²) in [7, 11) is 3.81. The largest absolute Gasteiger partial charge is 0.497 e. The molecule has 3 rings (SSSR count). The van der Waals surface area contributed by atoms with Gasteiger partial charge in [0.1, 0.15) is 5.75 Å². The summed E-state index contributed by atoms with van der Waals surface area (Å²) in [6.07, 6.45) is 5.30. The molecular formula is C15H21NO. The standard InChI is InChI=1S/C15H21NO/c1-16-10-12-9-15(12)7-3-4-11-8-13(17-2)5-6-14(11)15/h5-6,8,12,16H,3-4,7,9-10H2,1-2H3. The van der Waals surface area contributed by atoms with Gasteiger partial charge in [-0.2, -0.15) is 0 Å². The highest BCUT2D eigenvalue weighted by atomic mass is 16.5. The lowest BCUT2D eigenvalue weighted by atomic mass is 9.78. The fourth-order valence-corrected chi connectivity index (χ4v) is 3.65. The molecule has 0 bridgehead atoms. The topological polar surface area (TPSA) is 21.3 Å². The van der Waals surface area contributed by atoms with E-state index in [1.807, 2.05) is 0 Å². The zero-order valence-electron chi connectivity index (χ0n) is 10.8. The Kier molecular flexibility index (Phi) is 2.62. The van der Waals surface area contributed by atoms with Gasteiger partial charge in [-0.25, -0.2) is 0 Å². The molecule has 1 aromatic rings. The smallest absolute Gasteiger partial charge is 0.119 e. The summed E-state index contributed by atoms with van der Waals surface area (Å²) in [6.45, 7) is 1.16. The zero-order valence-corrected chi connectivity index (χ0v) is 10.8. The van der Waals surface area contributed by atoms with Gasteiger partial charge in [0, 0.05) is 0 Å². The second kappa shape index (κ2) is 4.02. The van der Waals surface area contributed by atoms with Gasteiger partial charge >= 0.3 is 0 Å². The Labute approximate surface area is 103 Å². The number of nitrogens with one attached hydrogen (secondary N) is 1. The third-order valence-electron chi connectivity index (χ3n) is 4.60. The zero-order chi connectivity index (χ0) is 11.9. The Morgan fingerprint density at radius 2 is 2.35 bits per heavy atom. The monoisotopic (exact) mass is 231 g/mol. The van der Waals surface area contributed by atoms with Crippen LogP contribution in [0, 0.1) is 5.92 Å². The van der Waals surface area contributed by atoms with Crippen LogP contribution in [0.2, 0.25) is 0 Å². The van der Waals surface area contributed by atoms with Crippen molar-refractivity contribution in [1.29, 1.82) is 0 Å². The quantitative estimate of drug-likeness (QED) is 0.863. The van der Waals surface area contributed by atoms with Gasteiger partial charge in [-0.1, -0.05) is 6.07 Å². The molecule has 2 atom stereocenters. The molecule has 1 spiro atoms. The van der Waals surface area contributed by atoms with E-state index in [-0.39, 0.29) is 0 Å². The van der Waals surface area contributed by atoms with Crippen LogP contribution >= 0.6 is 0 Å². The highest BCUT2D eigenvalue weighted by Gasteiger charge is 2.55. The van der Waals surface area contributed by atoms with Crippen LogP contribution in [0.4, 0.5) is 0 Å². The molecule has 1 fully saturated rings. The number of rotatable bonds is 3. The summed E-state index contributed by atoms with van der Waals surface area (Å²) < 4.78 is 5.33. The average molecular weight is 231 g/mol. The molecule has 2 heteroatoms. The van der Waals surface area contributed by atoms with Gasteiger partial charge in [0.15, 0.2) is 0 Å². The third kappa shape index (κ3) is 1.66. The summed E-state index contributed by atoms with van der Waals surface area (Å²) in [6, 6.07) is 6.68. The van der Waals surface area contributed by atoms with Gasteiger partial charge in [0.2, 0.25) is 0 Å². The van der Waals surface area contributed by atoms with Crippen LogP contribution in [0.5, 0.6) is 5.75 Å². The van der Waals surface area contributed by atoms with Gasteiger partial charge in [-0.05, 0) is 73.9 Å². The highest BCUT2D eigenvalue weighted by molar-refractivity contribution is 5.46. The predicted molar refractivity (Wildman–Crippen MR) is 69.6 cm³/mol. The van der Waals surface area contributed by atoms with E-state index in [9.17, 15) is 0 Å². The first-order chi connectivity index (χ1) is 8.30. The summed E-state index contributed by atoms with van der Waals surface area (Å²) in [5.41, 5.74) is 3.63. The number of aryl methyl sites for hydroxylation is 1. The van der Waals surface area contributed by atoms with Crippen molar-refractivity contribution < 1.29 is 4.74 Å². The Balaban J connectivity index is 1.93. The Bertz CT molecular complexity index is 429. The fraction of sp³-hybridized carbons (Fsp3) is 0.600. The normalized spacial score (nSPS) is 30.1. The molecule has 0 saturated heterocycles. The van der Waals surface area contributed by atoms with Crippen molar-refractivity contribution in [1.82, 2.24) is 5.32 Å². The first kappa shape index (κ1) is 11.1. The average Bonchev–Trinajstić information content (AvgIpc) is 3.03. The minimum absolute atomic E-state index is 0.503. The molecule has 2 aliphatic carbocycles. The second-order valence-electron chi connectivity index (χ2n) is 5.49. The van der Waals surface area contributed by atoms with Gasteiger partial charge in [0.25, 0.3) is 0 Å². The molecular weight excluding hydrogens is 210 g/mol. The molecule has 0 radical (unpaired) electrons. The minimum Gasteiger partial charge on any atom is -0.497 e. The first-order valence-electron chi connectivity index (χ1n) is 6.62. The number of ether oxygens (including phenoxy) is 1. The maximum atomic E-state index is 5.33. The van der Waals surface area contributed by atoms with Crippen LogP contribution in [0.3, 0.4) is 0 Å². The minimum atomic E-state index is 0.503. The van der Waals surface area contributed by atoms with E-state index in [4.69, 9.17) is 4.74 Å². The second-order valence-corrected chi connectivity index (χ2v) is 5.49. The Hall–Kier alpha value is -1.02. The van der Waals surface area contributed by atoms with Crippen LogP contribution < -0.4 is 10.1 Å². The molecule has 2 aliphatic rings. The Morgan fingerprint density at radius 3 is 3.12 bits per heavy atom. The molecule has 1 N–H and O–H groups in total. The lowest BCUT2D eigenvalue weighted by molar-refractivity contribution is 0.411. The van der Waals surface area contributed by atoms with Gasteiger partial charge < -0.3 is 10.1 Å². The Morgan fingerprint density at radius 1 is 1.47 bits per heavy atom. The van der Waals surface area contributed by atoms with Crippen LogP contribution in [0.1, 0.15) is 30.4 Å². The SMILES string of the molecule is CNCC1CC12CCCc1cc(OC)ccc12. The van der Waals surface area contributed by atoms with Crippen molar-refractivity contribution in [2.45, 2.75) is 31.1 Å². The number of fused-ring (bicyclic) bond motifs is 2. The lowest BCUT2D eigenvalue weighted by Crippen LogP contribution is -2.22. The summed E-state index contributed by atoms with van der Waals surface area (Å²) in [5, 5.41) is 3.33. The van der Waals surface area contributed by atoms with Crippen LogP contribution in [0.25, 0.3) is 0 Å². The number of hydrogen-bond donors (Lipinski definition) is 1.